The van der Waals surface area contributed by atoms with Gasteiger partial charge in [-0.25, -0.2) is 0 Å². The zero-order chi connectivity index (χ0) is 11.1. The third-order valence-corrected chi connectivity index (χ3v) is 3.85. The number of fused-ring (bicyclic) bond motifs is 1. The van der Waals surface area contributed by atoms with Gasteiger partial charge in [0, 0.05) is 25.4 Å². The van der Waals surface area contributed by atoms with Gasteiger partial charge in [0.25, 0.3) is 0 Å². The van der Waals surface area contributed by atoms with Crippen molar-refractivity contribution in [2.45, 2.75) is 26.2 Å². The van der Waals surface area contributed by atoms with Crippen molar-refractivity contribution in [3.8, 4) is 0 Å². The fraction of sp³-hybridized carbons (Fsp3) is 0.500. The molecule has 2 aliphatic heterocycles. The molecule has 3 rings (SSSR count). The van der Waals surface area contributed by atoms with Gasteiger partial charge < -0.3 is 4.90 Å². The average Bonchev–Trinajstić information content (AvgIpc) is 2.77. The monoisotopic (exact) mass is 214 g/mol. The van der Waals surface area contributed by atoms with Crippen LogP contribution in [0.5, 0.6) is 0 Å². The van der Waals surface area contributed by atoms with Crippen molar-refractivity contribution in [3.05, 3.63) is 34.9 Å². The standard InChI is InChI=1S/C14H18N2/c1-10-4-3-5-11(2)14(10)12-8-13-15-6-7-16(13)9-12/h3-5,12H,6-9H2,1-2H3. The molecule has 1 aromatic rings. The molecule has 0 radical (unpaired) electrons. The lowest BCUT2D eigenvalue weighted by atomic mass is 9.90. The van der Waals surface area contributed by atoms with E-state index in [1.165, 1.54) is 23.5 Å². The average molecular weight is 214 g/mol. The van der Waals surface area contributed by atoms with E-state index in [0.29, 0.717) is 5.92 Å². The van der Waals surface area contributed by atoms with Crippen LogP contribution in [0.2, 0.25) is 0 Å². The maximum Gasteiger partial charge on any atom is 0.0997 e. The lowest BCUT2D eigenvalue weighted by molar-refractivity contribution is 0.468. The molecule has 1 atom stereocenters. The molecule has 0 aliphatic carbocycles. The van der Waals surface area contributed by atoms with Crippen LogP contribution in [0.3, 0.4) is 0 Å². The summed E-state index contributed by atoms with van der Waals surface area (Å²) in [5.74, 6) is 2.01. The lowest BCUT2D eigenvalue weighted by Gasteiger charge is -2.17. The van der Waals surface area contributed by atoms with Crippen molar-refractivity contribution >= 4 is 5.84 Å². The molecule has 0 aromatic heterocycles. The number of aliphatic imine (C=N–C) groups is 1. The smallest absolute Gasteiger partial charge is 0.0997 e. The molecule has 0 N–H and O–H groups in total. The topological polar surface area (TPSA) is 15.6 Å². The predicted molar refractivity (Wildman–Crippen MR) is 67.1 cm³/mol. The Hall–Kier alpha value is -1.31. The quantitative estimate of drug-likeness (QED) is 0.701. The van der Waals surface area contributed by atoms with Crippen molar-refractivity contribution < 1.29 is 0 Å². The molecule has 2 heteroatoms. The second-order valence-electron chi connectivity index (χ2n) is 4.95. The van der Waals surface area contributed by atoms with E-state index in [1.54, 1.807) is 5.56 Å². The van der Waals surface area contributed by atoms with E-state index in [4.69, 9.17) is 0 Å². The molecule has 2 aliphatic rings. The van der Waals surface area contributed by atoms with Gasteiger partial charge in [-0.2, -0.15) is 0 Å². The number of hydrogen-bond acceptors (Lipinski definition) is 2. The predicted octanol–water partition coefficient (Wildman–Crippen LogP) is 2.50. The molecule has 0 bridgehead atoms. The second kappa shape index (κ2) is 3.62. The number of aryl methyl sites for hydroxylation is 2. The molecule has 16 heavy (non-hydrogen) atoms. The summed E-state index contributed by atoms with van der Waals surface area (Å²) >= 11 is 0. The van der Waals surface area contributed by atoms with Gasteiger partial charge in [-0.3, -0.25) is 4.99 Å². The van der Waals surface area contributed by atoms with Crippen LogP contribution in [0.15, 0.2) is 23.2 Å². The van der Waals surface area contributed by atoms with E-state index in [2.05, 4.69) is 41.9 Å². The van der Waals surface area contributed by atoms with Crippen LogP contribution in [0, 0.1) is 13.8 Å². The van der Waals surface area contributed by atoms with Crippen LogP contribution < -0.4 is 0 Å². The Morgan fingerprint density at radius 1 is 1.25 bits per heavy atom. The van der Waals surface area contributed by atoms with Crippen molar-refractivity contribution in [2.24, 2.45) is 4.99 Å². The largest absolute Gasteiger partial charge is 0.358 e. The van der Waals surface area contributed by atoms with Gasteiger partial charge in [0.05, 0.1) is 12.4 Å². The van der Waals surface area contributed by atoms with E-state index in [9.17, 15) is 0 Å². The maximum absolute atomic E-state index is 4.58. The van der Waals surface area contributed by atoms with E-state index in [1.807, 2.05) is 0 Å². The van der Waals surface area contributed by atoms with Crippen molar-refractivity contribution in [2.75, 3.05) is 19.6 Å². The van der Waals surface area contributed by atoms with E-state index in [-0.39, 0.29) is 0 Å². The van der Waals surface area contributed by atoms with E-state index in [0.717, 1.165) is 19.5 Å². The first kappa shape index (κ1) is 9.88. The minimum atomic E-state index is 0.667. The fourth-order valence-corrected chi connectivity index (χ4v) is 3.13. The highest BCUT2D eigenvalue weighted by molar-refractivity contribution is 5.87. The normalized spacial score (nSPS) is 23.5. The van der Waals surface area contributed by atoms with Gasteiger partial charge in [-0.15, -0.1) is 0 Å². The summed E-state index contributed by atoms with van der Waals surface area (Å²) in [5, 5.41) is 0. The summed E-state index contributed by atoms with van der Waals surface area (Å²) in [4.78, 5) is 7.03. The zero-order valence-electron chi connectivity index (χ0n) is 10.0. The number of benzene rings is 1. The Labute approximate surface area is 97.0 Å². The molecule has 1 fully saturated rings. The minimum absolute atomic E-state index is 0.667. The van der Waals surface area contributed by atoms with E-state index < -0.39 is 0 Å². The molecule has 1 saturated heterocycles. The Morgan fingerprint density at radius 3 is 2.69 bits per heavy atom. The van der Waals surface area contributed by atoms with E-state index >= 15 is 0 Å². The summed E-state index contributed by atoms with van der Waals surface area (Å²) in [6.45, 7) is 7.78. The van der Waals surface area contributed by atoms with Crippen LogP contribution >= 0.6 is 0 Å². The Morgan fingerprint density at radius 2 is 2.00 bits per heavy atom. The third-order valence-electron chi connectivity index (χ3n) is 3.85. The second-order valence-corrected chi connectivity index (χ2v) is 4.95. The van der Waals surface area contributed by atoms with Crippen molar-refractivity contribution in [3.63, 3.8) is 0 Å². The first-order chi connectivity index (χ1) is 7.75. The molecule has 84 valence electrons. The van der Waals surface area contributed by atoms with Crippen LogP contribution in [0.4, 0.5) is 0 Å². The molecule has 0 amide bonds. The Balaban J connectivity index is 1.94. The zero-order valence-corrected chi connectivity index (χ0v) is 10.0. The molecular weight excluding hydrogens is 196 g/mol. The number of nitrogens with zero attached hydrogens (tertiary/aromatic N) is 2. The maximum atomic E-state index is 4.58. The van der Waals surface area contributed by atoms with Crippen molar-refractivity contribution in [1.82, 2.24) is 4.90 Å². The highest BCUT2D eigenvalue weighted by Crippen LogP contribution is 2.34. The van der Waals surface area contributed by atoms with Crippen LogP contribution in [-0.4, -0.2) is 30.4 Å². The van der Waals surface area contributed by atoms with Gasteiger partial charge in [0.2, 0.25) is 0 Å². The Kier molecular flexibility index (Phi) is 2.23. The molecular formula is C14H18N2. The molecule has 2 heterocycles. The lowest BCUT2D eigenvalue weighted by Crippen LogP contribution is -2.21. The van der Waals surface area contributed by atoms with Crippen molar-refractivity contribution in [1.29, 1.82) is 0 Å². The number of hydrogen-bond donors (Lipinski definition) is 0. The molecule has 1 aromatic carbocycles. The van der Waals surface area contributed by atoms with Gasteiger partial charge in [-0.1, -0.05) is 18.2 Å². The van der Waals surface area contributed by atoms with Crippen LogP contribution in [0.25, 0.3) is 0 Å². The first-order valence-corrected chi connectivity index (χ1v) is 6.10. The first-order valence-electron chi connectivity index (χ1n) is 6.10. The SMILES string of the molecule is Cc1cccc(C)c1C1CC2=NCCN2C1. The van der Waals surface area contributed by atoms with Crippen LogP contribution in [-0.2, 0) is 0 Å². The molecule has 0 spiro atoms. The highest BCUT2D eigenvalue weighted by atomic mass is 15.3. The third kappa shape index (κ3) is 1.44. The molecule has 0 saturated carbocycles. The Bertz CT molecular complexity index is 428. The fourth-order valence-electron chi connectivity index (χ4n) is 3.13. The number of rotatable bonds is 1. The van der Waals surface area contributed by atoms with Gasteiger partial charge >= 0.3 is 0 Å². The summed E-state index contributed by atoms with van der Waals surface area (Å²) in [5.41, 5.74) is 4.43. The summed E-state index contributed by atoms with van der Waals surface area (Å²) in [6.07, 6.45) is 1.14. The summed E-state index contributed by atoms with van der Waals surface area (Å²) in [6, 6.07) is 6.61. The minimum Gasteiger partial charge on any atom is -0.358 e. The van der Waals surface area contributed by atoms with Gasteiger partial charge in [0.1, 0.15) is 0 Å². The van der Waals surface area contributed by atoms with Gasteiger partial charge in [0.15, 0.2) is 0 Å². The number of amidine groups is 1. The summed E-state index contributed by atoms with van der Waals surface area (Å²) < 4.78 is 0. The molecule has 2 nitrogen and oxygen atoms in total. The van der Waals surface area contributed by atoms with Gasteiger partial charge in [-0.05, 0) is 30.5 Å². The highest BCUT2D eigenvalue weighted by Gasteiger charge is 2.32. The summed E-state index contributed by atoms with van der Waals surface area (Å²) in [7, 11) is 0. The molecule has 1 unspecified atom stereocenters. The van der Waals surface area contributed by atoms with Crippen LogP contribution in [0.1, 0.15) is 29.0 Å².